The van der Waals surface area contributed by atoms with E-state index in [9.17, 15) is 4.39 Å². The molecule has 0 saturated heterocycles. The van der Waals surface area contributed by atoms with Gasteiger partial charge in [0.25, 0.3) is 0 Å². The first-order valence-corrected chi connectivity index (χ1v) is 8.58. The molecule has 0 aliphatic carbocycles. The zero-order valence-electron chi connectivity index (χ0n) is 15.0. The standard InChI is InChI=1S/C20H25FN2O3/c1-22-19-7-4-17(5-8-19)2-3-18-6-9-20(23-16-18)26-15-14-25-13-12-24-11-10-21/h2-9,16,22H,10-15H2,1H3/b3-2-. The number of nitrogens with one attached hydrogen (secondary N) is 1. The van der Waals surface area contributed by atoms with Crippen molar-refractivity contribution < 1.29 is 18.6 Å². The van der Waals surface area contributed by atoms with E-state index in [4.69, 9.17) is 14.2 Å². The molecule has 0 saturated carbocycles. The van der Waals surface area contributed by atoms with Crippen LogP contribution in [0.2, 0.25) is 0 Å². The molecule has 6 heteroatoms. The number of hydrogen-bond acceptors (Lipinski definition) is 5. The molecule has 0 fully saturated rings. The molecule has 0 atom stereocenters. The second kappa shape index (κ2) is 12.0. The van der Waals surface area contributed by atoms with Gasteiger partial charge in [0.05, 0.1) is 26.4 Å². The van der Waals surface area contributed by atoms with Crippen LogP contribution < -0.4 is 10.1 Å². The lowest BCUT2D eigenvalue weighted by Crippen LogP contribution is -2.11. The molecule has 1 heterocycles. The monoisotopic (exact) mass is 360 g/mol. The van der Waals surface area contributed by atoms with Gasteiger partial charge in [-0.25, -0.2) is 9.37 Å². The predicted octanol–water partition coefficient (Wildman–Crippen LogP) is 3.68. The second-order valence-corrected chi connectivity index (χ2v) is 5.40. The third kappa shape index (κ3) is 7.63. The van der Waals surface area contributed by atoms with Gasteiger partial charge in [-0.05, 0) is 29.3 Å². The Bertz CT molecular complexity index is 645. The van der Waals surface area contributed by atoms with Gasteiger partial charge in [0.2, 0.25) is 5.88 Å². The maximum atomic E-state index is 11.8. The van der Waals surface area contributed by atoms with Crippen molar-refractivity contribution in [2.75, 3.05) is 52.1 Å². The minimum Gasteiger partial charge on any atom is -0.475 e. The molecular formula is C20H25FN2O3. The largest absolute Gasteiger partial charge is 0.475 e. The van der Waals surface area contributed by atoms with Gasteiger partial charge in [0.1, 0.15) is 13.3 Å². The van der Waals surface area contributed by atoms with Crippen molar-refractivity contribution in [2.45, 2.75) is 0 Å². The van der Waals surface area contributed by atoms with Crippen LogP contribution in [0.15, 0.2) is 42.6 Å². The number of ether oxygens (including phenoxy) is 3. The third-order valence-electron chi connectivity index (χ3n) is 3.50. The summed E-state index contributed by atoms with van der Waals surface area (Å²) in [6, 6.07) is 11.9. The number of benzene rings is 1. The molecule has 0 bridgehead atoms. The number of anilines is 1. The molecule has 0 aliphatic heterocycles. The number of rotatable bonds is 12. The topological polar surface area (TPSA) is 52.6 Å². The van der Waals surface area contributed by atoms with Crippen LogP contribution in [0.5, 0.6) is 5.88 Å². The summed E-state index contributed by atoms with van der Waals surface area (Å²) in [5.41, 5.74) is 3.20. The quantitative estimate of drug-likeness (QED) is 0.585. The molecule has 1 aromatic heterocycles. The van der Waals surface area contributed by atoms with Crippen LogP contribution in [0.25, 0.3) is 12.2 Å². The fraction of sp³-hybridized carbons (Fsp3) is 0.350. The lowest BCUT2D eigenvalue weighted by molar-refractivity contribution is 0.0320. The molecule has 0 unspecified atom stereocenters. The Labute approximate surface area is 153 Å². The zero-order valence-corrected chi connectivity index (χ0v) is 15.0. The van der Waals surface area contributed by atoms with Crippen molar-refractivity contribution in [3.8, 4) is 5.88 Å². The molecule has 0 radical (unpaired) electrons. The van der Waals surface area contributed by atoms with Gasteiger partial charge < -0.3 is 19.5 Å². The van der Waals surface area contributed by atoms with Crippen LogP contribution in [-0.4, -0.2) is 51.7 Å². The molecule has 0 aliphatic rings. The van der Waals surface area contributed by atoms with Crippen molar-refractivity contribution in [1.82, 2.24) is 4.98 Å². The number of halogens is 1. The Morgan fingerprint density at radius 1 is 0.885 bits per heavy atom. The summed E-state index contributed by atoms with van der Waals surface area (Å²) < 4.78 is 27.6. The lowest BCUT2D eigenvalue weighted by Gasteiger charge is -2.06. The summed E-state index contributed by atoms with van der Waals surface area (Å²) in [4.78, 5) is 4.27. The van der Waals surface area contributed by atoms with E-state index < -0.39 is 6.67 Å². The molecule has 0 amide bonds. The van der Waals surface area contributed by atoms with Crippen molar-refractivity contribution in [1.29, 1.82) is 0 Å². The van der Waals surface area contributed by atoms with Crippen molar-refractivity contribution in [2.24, 2.45) is 0 Å². The summed E-state index contributed by atoms with van der Waals surface area (Å²) in [7, 11) is 1.90. The molecule has 1 N–H and O–H groups in total. The maximum absolute atomic E-state index is 11.8. The Hall–Kier alpha value is -2.44. The first kappa shape index (κ1) is 19.9. The first-order chi connectivity index (χ1) is 12.8. The van der Waals surface area contributed by atoms with Gasteiger partial charge in [0, 0.05) is 25.0 Å². The maximum Gasteiger partial charge on any atom is 0.213 e. The third-order valence-corrected chi connectivity index (χ3v) is 3.50. The van der Waals surface area contributed by atoms with Crippen molar-refractivity contribution in [3.63, 3.8) is 0 Å². The Morgan fingerprint density at radius 2 is 1.54 bits per heavy atom. The van der Waals surface area contributed by atoms with Crippen LogP contribution >= 0.6 is 0 Å². The predicted molar refractivity (Wildman–Crippen MR) is 102 cm³/mol. The van der Waals surface area contributed by atoms with E-state index >= 15 is 0 Å². The van der Waals surface area contributed by atoms with Gasteiger partial charge in [-0.3, -0.25) is 0 Å². The van der Waals surface area contributed by atoms with E-state index in [1.165, 1.54) is 0 Å². The average molecular weight is 360 g/mol. The number of pyridine rings is 1. The summed E-state index contributed by atoms with van der Waals surface area (Å²) in [6.45, 7) is 1.30. The number of hydrogen-bond donors (Lipinski definition) is 1. The number of alkyl halides is 1. The molecule has 2 rings (SSSR count). The molecule has 5 nitrogen and oxygen atoms in total. The van der Waals surface area contributed by atoms with Crippen LogP contribution in [0.3, 0.4) is 0 Å². The zero-order chi connectivity index (χ0) is 18.5. The van der Waals surface area contributed by atoms with Crippen LogP contribution in [0, 0.1) is 0 Å². The molecule has 1 aromatic carbocycles. The Balaban J connectivity index is 1.68. The van der Waals surface area contributed by atoms with E-state index in [2.05, 4.69) is 22.4 Å². The molecule has 26 heavy (non-hydrogen) atoms. The SMILES string of the molecule is CNc1ccc(/C=C\c2ccc(OCCOCCOCCF)nc2)cc1. The highest BCUT2D eigenvalue weighted by Crippen LogP contribution is 2.13. The van der Waals surface area contributed by atoms with Gasteiger partial charge in [-0.1, -0.05) is 24.3 Å². The van der Waals surface area contributed by atoms with E-state index in [0.29, 0.717) is 32.3 Å². The highest BCUT2D eigenvalue weighted by atomic mass is 19.1. The first-order valence-electron chi connectivity index (χ1n) is 8.58. The van der Waals surface area contributed by atoms with Gasteiger partial charge in [-0.2, -0.15) is 0 Å². The summed E-state index contributed by atoms with van der Waals surface area (Å²) >= 11 is 0. The van der Waals surface area contributed by atoms with Gasteiger partial charge >= 0.3 is 0 Å². The summed E-state index contributed by atoms with van der Waals surface area (Å²) in [5, 5.41) is 3.09. The fourth-order valence-electron chi connectivity index (χ4n) is 2.11. The van der Waals surface area contributed by atoms with Crippen LogP contribution in [0.1, 0.15) is 11.1 Å². The minimum atomic E-state index is -0.470. The molecule has 0 spiro atoms. The average Bonchev–Trinajstić information content (AvgIpc) is 2.69. The van der Waals surface area contributed by atoms with E-state index in [-0.39, 0.29) is 6.61 Å². The van der Waals surface area contributed by atoms with Crippen molar-refractivity contribution >= 4 is 17.8 Å². The van der Waals surface area contributed by atoms with E-state index in [1.807, 2.05) is 43.5 Å². The lowest BCUT2D eigenvalue weighted by atomic mass is 10.1. The van der Waals surface area contributed by atoms with Crippen molar-refractivity contribution in [3.05, 3.63) is 53.7 Å². The Kier molecular flexibility index (Phi) is 9.18. The molecule has 2 aromatic rings. The fourth-order valence-corrected chi connectivity index (χ4v) is 2.11. The second-order valence-electron chi connectivity index (χ2n) is 5.40. The van der Waals surface area contributed by atoms with Gasteiger partial charge in [0.15, 0.2) is 0 Å². The van der Waals surface area contributed by atoms with E-state index in [1.54, 1.807) is 6.20 Å². The van der Waals surface area contributed by atoms with Crippen LogP contribution in [-0.2, 0) is 9.47 Å². The minimum absolute atomic E-state index is 0.117. The van der Waals surface area contributed by atoms with Gasteiger partial charge in [-0.15, -0.1) is 0 Å². The number of nitrogens with zero attached hydrogens (tertiary/aromatic N) is 1. The molecular weight excluding hydrogens is 335 g/mol. The summed E-state index contributed by atoms with van der Waals surface area (Å²) in [6.07, 6.45) is 5.81. The molecule has 140 valence electrons. The van der Waals surface area contributed by atoms with E-state index in [0.717, 1.165) is 16.8 Å². The summed E-state index contributed by atoms with van der Waals surface area (Å²) in [5.74, 6) is 0.554. The number of aromatic nitrogens is 1. The Morgan fingerprint density at radius 3 is 2.19 bits per heavy atom. The normalized spacial score (nSPS) is 11.0. The highest BCUT2D eigenvalue weighted by Gasteiger charge is 1.96. The van der Waals surface area contributed by atoms with Crippen LogP contribution in [0.4, 0.5) is 10.1 Å². The highest BCUT2D eigenvalue weighted by molar-refractivity contribution is 5.70. The smallest absolute Gasteiger partial charge is 0.213 e.